The molecule has 1 fully saturated rings. The molecule has 15 heavy (non-hydrogen) atoms. The number of alkyl halides is 3. The molecule has 1 nitrogen and oxygen atoms in total. The summed E-state index contributed by atoms with van der Waals surface area (Å²) in [6, 6.07) is 6.34. The van der Waals surface area contributed by atoms with Crippen LogP contribution in [0.5, 0.6) is 5.75 Å². The van der Waals surface area contributed by atoms with E-state index >= 15 is 0 Å². The van der Waals surface area contributed by atoms with Gasteiger partial charge in [0.2, 0.25) is 0 Å². The summed E-state index contributed by atoms with van der Waals surface area (Å²) in [6.45, 7) is 0. The molecule has 2 rings (SSSR count). The molecule has 0 aromatic heterocycles. The maximum absolute atomic E-state index is 12.7. The molecule has 1 aromatic rings. The third-order valence-electron chi connectivity index (χ3n) is 2.62. The van der Waals surface area contributed by atoms with E-state index < -0.39 is 19.8 Å². The van der Waals surface area contributed by atoms with Gasteiger partial charge in [-0.05, 0) is 0 Å². The van der Waals surface area contributed by atoms with Gasteiger partial charge in [-0.1, -0.05) is 0 Å². The van der Waals surface area contributed by atoms with Crippen molar-refractivity contribution in [2.24, 2.45) is 0 Å². The number of hydrogen-bond acceptors (Lipinski definition) is 1. The Morgan fingerprint density at radius 3 is 2.40 bits per heavy atom. The van der Waals surface area contributed by atoms with Gasteiger partial charge in [0.25, 0.3) is 0 Å². The molecule has 0 amide bonds. The fraction of sp³-hybridized carbons (Fsp3) is 0.500. The van der Waals surface area contributed by atoms with Gasteiger partial charge in [-0.3, -0.25) is 0 Å². The molecular formula is C12H16FIO. The molecule has 0 aliphatic carbocycles. The zero-order valence-corrected chi connectivity index (χ0v) is 11.0. The van der Waals surface area contributed by atoms with Crippen molar-refractivity contribution in [3.05, 3.63) is 30.1 Å². The van der Waals surface area contributed by atoms with E-state index in [-0.39, 0.29) is 5.82 Å². The summed E-state index contributed by atoms with van der Waals surface area (Å²) in [5, 5.41) is 0. The van der Waals surface area contributed by atoms with Gasteiger partial charge in [-0.25, -0.2) is 0 Å². The van der Waals surface area contributed by atoms with Crippen molar-refractivity contribution in [1.29, 1.82) is 0 Å². The zero-order chi connectivity index (χ0) is 10.7. The molecule has 1 aliphatic rings. The molecule has 1 saturated heterocycles. The zero-order valence-electron chi connectivity index (χ0n) is 8.88. The molecule has 84 valence electrons. The molecule has 1 aliphatic heterocycles. The summed E-state index contributed by atoms with van der Waals surface area (Å²) < 4.78 is 21.3. The van der Waals surface area contributed by atoms with E-state index in [2.05, 4.69) is 4.93 Å². The van der Waals surface area contributed by atoms with Crippen LogP contribution < -0.4 is 4.74 Å². The molecule has 1 heterocycles. The number of ether oxygens (including phenoxy) is 1. The second-order valence-electron chi connectivity index (χ2n) is 3.87. The van der Waals surface area contributed by atoms with Crippen molar-refractivity contribution < 1.29 is 9.13 Å². The van der Waals surface area contributed by atoms with E-state index in [9.17, 15) is 4.39 Å². The van der Waals surface area contributed by atoms with Gasteiger partial charge in [0.15, 0.2) is 0 Å². The van der Waals surface area contributed by atoms with Crippen molar-refractivity contribution in [2.45, 2.75) is 18.9 Å². The molecule has 0 atom stereocenters. The number of benzene rings is 1. The first-order valence-corrected chi connectivity index (χ1v) is 10.4. The van der Waals surface area contributed by atoms with Gasteiger partial charge in [-0.15, -0.1) is 0 Å². The standard InChI is InChI=1S/C12H16FIO/c1-14-8-6-12(7-9-14)15-11-4-2-10(13)3-5-11/h2-5,12H,6-9H2,1H3. The Kier molecular flexibility index (Phi) is 3.83. The summed E-state index contributed by atoms with van der Waals surface area (Å²) in [7, 11) is 0. The van der Waals surface area contributed by atoms with Gasteiger partial charge in [0, 0.05) is 0 Å². The second-order valence-corrected chi connectivity index (χ2v) is 10.2. The Bertz CT molecular complexity index is 304. The van der Waals surface area contributed by atoms with E-state index in [0.29, 0.717) is 6.10 Å². The normalized spacial score (nSPS) is 20.3. The number of rotatable bonds is 2. The van der Waals surface area contributed by atoms with Crippen molar-refractivity contribution in [3.8, 4) is 5.75 Å². The summed E-state index contributed by atoms with van der Waals surface area (Å²) >= 11 is -0.545. The number of halogens is 2. The molecule has 0 radical (unpaired) electrons. The molecule has 0 saturated carbocycles. The molecule has 1 aromatic carbocycles. The van der Waals surface area contributed by atoms with Crippen molar-refractivity contribution in [2.75, 3.05) is 13.8 Å². The summed E-state index contributed by atoms with van der Waals surface area (Å²) in [5.74, 6) is 0.604. The predicted molar refractivity (Wildman–Crippen MR) is 69.7 cm³/mol. The molecule has 0 unspecified atom stereocenters. The Morgan fingerprint density at radius 2 is 1.80 bits per heavy atom. The van der Waals surface area contributed by atoms with Crippen molar-refractivity contribution >= 4 is 19.8 Å². The fourth-order valence-corrected chi connectivity index (χ4v) is 5.73. The summed E-state index contributed by atoms with van der Waals surface area (Å²) in [4.78, 5) is 2.44. The molecule has 0 spiro atoms. The quantitative estimate of drug-likeness (QED) is 0.598. The third-order valence-corrected chi connectivity index (χ3v) is 7.55. The Morgan fingerprint density at radius 1 is 1.20 bits per heavy atom. The average Bonchev–Trinajstić information content (AvgIpc) is 2.25. The van der Waals surface area contributed by atoms with Crippen LogP contribution in [0.1, 0.15) is 12.8 Å². The van der Waals surface area contributed by atoms with Crippen LogP contribution in [-0.4, -0.2) is 19.9 Å². The van der Waals surface area contributed by atoms with E-state index in [0.717, 1.165) is 5.75 Å². The summed E-state index contributed by atoms with van der Waals surface area (Å²) in [5.41, 5.74) is 0. The van der Waals surface area contributed by atoms with Crippen LogP contribution in [-0.2, 0) is 0 Å². The van der Waals surface area contributed by atoms with Gasteiger partial charge in [0.1, 0.15) is 0 Å². The monoisotopic (exact) mass is 322 g/mol. The van der Waals surface area contributed by atoms with Crippen LogP contribution in [0, 0.1) is 5.82 Å². The van der Waals surface area contributed by atoms with Crippen LogP contribution >= 0.6 is 19.8 Å². The summed E-state index contributed by atoms with van der Waals surface area (Å²) in [6.07, 6.45) is 2.75. The second kappa shape index (κ2) is 5.14. The minimum atomic E-state index is -0.545. The molecule has 0 bridgehead atoms. The molecule has 3 heteroatoms. The van der Waals surface area contributed by atoms with E-state index in [1.807, 2.05) is 0 Å². The minimum absolute atomic E-state index is 0.201. The van der Waals surface area contributed by atoms with Gasteiger partial charge in [-0.2, -0.15) is 0 Å². The molecule has 0 N–H and O–H groups in total. The van der Waals surface area contributed by atoms with Crippen molar-refractivity contribution in [3.63, 3.8) is 0 Å². The first kappa shape index (κ1) is 11.2. The first-order valence-electron chi connectivity index (χ1n) is 5.18. The SMILES string of the molecule is CI1CCC(Oc2ccc(F)cc2)CC1. The maximum atomic E-state index is 12.7. The van der Waals surface area contributed by atoms with Crippen molar-refractivity contribution in [1.82, 2.24) is 0 Å². The van der Waals surface area contributed by atoms with E-state index in [1.165, 1.54) is 33.8 Å². The van der Waals surface area contributed by atoms with Gasteiger partial charge >= 0.3 is 97.5 Å². The Hall–Kier alpha value is -0.320. The van der Waals surface area contributed by atoms with Gasteiger partial charge < -0.3 is 0 Å². The van der Waals surface area contributed by atoms with Crippen LogP contribution in [0.2, 0.25) is 0 Å². The Balaban J connectivity index is 1.89. The average molecular weight is 322 g/mol. The van der Waals surface area contributed by atoms with Crippen LogP contribution in [0.15, 0.2) is 24.3 Å². The topological polar surface area (TPSA) is 9.23 Å². The van der Waals surface area contributed by atoms with Crippen LogP contribution in [0.4, 0.5) is 4.39 Å². The van der Waals surface area contributed by atoms with E-state index in [1.54, 1.807) is 12.1 Å². The predicted octanol–water partition coefficient (Wildman–Crippen LogP) is 3.50. The molecular weight excluding hydrogens is 306 g/mol. The van der Waals surface area contributed by atoms with Crippen LogP contribution in [0.25, 0.3) is 0 Å². The van der Waals surface area contributed by atoms with Gasteiger partial charge in [0.05, 0.1) is 0 Å². The fourth-order valence-electron chi connectivity index (χ4n) is 1.68. The Labute approximate surface area is 97.4 Å². The number of hydrogen-bond donors (Lipinski definition) is 0. The third kappa shape index (κ3) is 3.33. The first-order chi connectivity index (χ1) is 7.24. The van der Waals surface area contributed by atoms with E-state index in [4.69, 9.17) is 4.74 Å². The van der Waals surface area contributed by atoms with Crippen LogP contribution in [0.3, 0.4) is 0 Å².